The lowest BCUT2D eigenvalue weighted by Crippen LogP contribution is -2.38. The van der Waals surface area contributed by atoms with Crippen LogP contribution in [-0.4, -0.2) is 54.7 Å². The Hall–Kier alpha value is -4.08. The Balaban J connectivity index is 1.55. The molecule has 1 fully saturated rings. The highest BCUT2D eigenvalue weighted by molar-refractivity contribution is 5.96. The summed E-state index contributed by atoms with van der Waals surface area (Å²) >= 11 is 0. The molecular weight excluding hydrogens is 470 g/mol. The molecule has 1 aliphatic rings. The number of nitrogens with zero attached hydrogens (tertiary/aromatic N) is 3. The first-order chi connectivity index (χ1) is 17.9. The summed E-state index contributed by atoms with van der Waals surface area (Å²) in [5, 5.41) is 7.32. The number of rotatable bonds is 9. The first-order valence-electron chi connectivity index (χ1n) is 12.5. The maximum absolute atomic E-state index is 13.1. The quantitative estimate of drug-likeness (QED) is 0.256. The summed E-state index contributed by atoms with van der Waals surface area (Å²) in [5.74, 6) is 1.91. The van der Waals surface area contributed by atoms with Crippen molar-refractivity contribution < 1.29 is 14.3 Å². The predicted octanol–water partition coefficient (Wildman–Crippen LogP) is 2.92. The molecular formula is C27H35N7O3. The van der Waals surface area contributed by atoms with E-state index in [-0.39, 0.29) is 29.8 Å². The Morgan fingerprint density at radius 1 is 1.08 bits per heavy atom. The van der Waals surface area contributed by atoms with Gasteiger partial charge >= 0.3 is 0 Å². The van der Waals surface area contributed by atoms with Gasteiger partial charge in [0.2, 0.25) is 5.82 Å². The number of aryl methyl sites for hydroxylation is 1. The fourth-order valence-electron chi connectivity index (χ4n) is 4.72. The number of ether oxygens (including phenoxy) is 2. The van der Waals surface area contributed by atoms with Gasteiger partial charge in [-0.15, -0.1) is 0 Å². The van der Waals surface area contributed by atoms with E-state index in [1.54, 1.807) is 14.2 Å². The van der Waals surface area contributed by atoms with Crippen LogP contribution in [0.15, 0.2) is 41.4 Å². The third kappa shape index (κ3) is 6.38. The van der Waals surface area contributed by atoms with Crippen LogP contribution in [0.3, 0.4) is 0 Å². The molecule has 1 amide bonds. The SMILES string of the molecule is COc1ccc(OC)c(CCNC(=O)c2nc(NC3CCCCC3N=C(N)N)c3cc(C)ccc3n2)c1. The summed E-state index contributed by atoms with van der Waals surface area (Å²) in [6.07, 6.45) is 4.49. The number of carbonyl (C=O) groups excluding carboxylic acids is 1. The van der Waals surface area contributed by atoms with Gasteiger partial charge in [-0.2, -0.15) is 0 Å². The van der Waals surface area contributed by atoms with E-state index in [9.17, 15) is 4.79 Å². The minimum atomic E-state index is -0.350. The van der Waals surface area contributed by atoms with Crippen LogP contribution in [-0.2, 0) is 6.42 Å². The second-order valence-electron chi connectivity index (χ2n) is 9.26. The Morgan fingerprint density at radius 3 is 2.65 bits per heavy atom. The zero-order valence-corrected chi connectivity index (χ0v) is 21.6. The average molecular weight is 506 g/mol. The summed E-state index contributed by atoms with van der Waals surface area (Å²) in [4.78, 5) is 26.7. The van der Waals surface area contributed by atoms with Gasteiger partial charge in [0.1, 0.15) is 17.3 Å². The third-order valence-electron chi connectivity index (χ3n) is 6.59. The van der Waals surface area contributed by atoms with Gasteiger partial charge in [-0.05, 0) is 62.1 Å². The molecule has 0 radical (unpaired) electrons. The maximum atomic E-state index is 13.1. The van der Waals surface area contributed by atoms with E-state index in [4.69, 9.17) is 20.9 Å². The number of aliphatic imine (C=N–C) groups is 1. The molecule has 10 heteroatoms. The number of nitrogens with one attached hydrogen (secondary N) is 2. The Labute approximate surface area is 216 Å². The van der Waals surface area contributed by atoms with Crippen LogP contribution in [0.1, 0.15) is 47.4 Å². The lowest BCUT2D eigenvalue weighted by atomic mass is 9.90. The number of nitrogens with two attached hydrogens (primary N) is 2. The van der Waals surface area contributed by atoms with Crippen LogP contribution in [0.2, 0.25) is 0 Å². The van der Waals surface area contributed by atoms with E-state index >= 15 is 0 Å². The molecule has 196 valence electrons. The number of aromatic nitrogens is 2. The van der Waals surface area contributed by atoms with Crippen molar-refractivity contribution in [2.24, 2.45) is 16.5 Å². The van der Waals surface area contributed by atoms with E-state index < -0.39 is 0 Å². The van der Waals surface area contributed by atoms with Crippen LogP contribution in [0.25, 0.3) is 10.9 Å². The Morgan fingerprint density at radius 2 is 1.89 bits per heavy atom. The van der Waals surface area contributed by atoms with Crippen LogP contribution in [0, 0.1) is 6.92 Å². The molecule has 0 saturated heterocycles. The predicted molar refractivity (Wildman–Crippen MR) is 145 cm³/mol. The second-order valence-corrected chi connectivity index (χ2v) is 9.26. The van der Waals surface area contributed by atoms with Crippen LogP contribution < -0.4 is 31.6 Å². The van der Waals surface area contributed by atoms with Gasteiger partial charge in [-0.1, -0.05) is 24.5 Å². The van der Waals surface area contributed by atoms with Gasteiger partial charge < -0.3 is 31.6 Å². The molecule has 10 nitrogen and oxygen atoms in total. The Kier molecular flexibility index (Phi) is 8.27. The normalized spacial score (nSPS) is 17.2. The molecule has 37 heavy (non-hydrogen) atoms. The number of fused-ring (bicyclic) bond motifs is 1. The first kappa shape index (κ1) is 26.0. The largest absolute Gasteiger partial charge is 0.497 e. The second kappa shape index (κ2) is 11.8. The number of anilines is 1. The van der Waals surface area contributed by atoms with E-state index in [1.165, 1.54) is 0 Å². The molecule has 1 aliphatic carbocycles. The summed E-state index contributed by atoms with van der Waals surface area (Å²) in [6, 6.07) is 11.4. The summed E-state index contributed by atoms with van der Waals surface area (Å²) in [5.41, 5.74) is 14.1. The van der Waals surface area contributed by atoms with Gasteiger partial charge in [-0.25, -0.2) is 15.0 Å². The number of methoxy groups -OCH3 is 2. The topological polar surface area (TPSA) is 150 Å². The van der Waals surface area contributed by atoms with Crippen LogP contribution >= 0.6 is 0 Å². The summed E-state index contributed by atoms with van der Waals surface area (Å²) < 4.78 is 10.8. The number of benzene rings is 2. The average Bonchev–Trinajstić information content (AvgIpc) is 2.89. The van der Waals surface area contributed by atoms with Crippen molar-refractivity contribution in [3.8, 4) is 11.5 Å². The first-order valence-corrected chi connectivity index (χ1v) is 12.5. The Bertz CT molecular complexity index is 1290. The third-order valence-corrected chi connectivity index (χ3v) is 6.59. The fraction of sp³-hybridized carbons (Fsp3) is 0.407. The molecule has 2 aromatic carbocycles. The van der Waals surface area contributed by atoms with Gasteiger partial charge in [0.05, 0.1) is 31.8 Å². The number of hydrogen-bond donors (Lipinski definition) is 4. The number of hydrogen-bond acceptors (Lipinski definition) is 7. The standard InChI is InChI=1S/C27H35N7O3/c1-16-8-10-20-19(14-16)24(32-21-6-4-5-7-22(21)33-27(28)29)34-25(31-20)26(35)30-13-12-17-15-18(36-2)9-11-23(17)37-3/h8-11,14-15,21-22H,4-7,12-13H2,1-3H3,(H,30,35)(H4,28,29,33)(H,31,32,34). The van der Waals surface area contributed by atoms with Crippen LogP contribution in [0.4, 0.5) is 5.82 Å². The molecule has 0 spiro atoms. The van der Waals surface area contributed by atoms with E-state index in [0.717, 1.165) is 53.7 Å². The van der Waals surface area contributed by atoms with Gasteiger partial charge in [0, 0.05) is 11.9 Å². The summed E-state index contributed by atoms with van der Waals surface area (Å²) in [6.45, 7) is 2.40. The van der Waals surface area contributed by atoms with Crippen molar-refractivity contribution in [3.63, 3.8) is 0 Å². The number of carbonyl (C=O) groups is 1. The fourth-order valence-corrected chi connectivity index (χ4v) is 4.72. The zero-order valence-electron chi connectivity index (χ0n) is 21.6. The molecule has 2 atom stereocenters. The van der Waals surface area contributed by atoms with Gasteiger partial charge in [0.25, 0.3) is 5.91 Å². The minimum Gasteiger partial charge on any atom is -0.497 e. The molecule has 0 aliphatic heterocycles. The molecule has 1 saturated carbocycles. The molecule has 1 heterocycles. The van der Waals surface area contributed by atoms with E-state index in [2.05, 4.69) is 25.6 Å². The lowest BCUT2D eigenvalue weighted by molar-refractivity contribution is 0.0944. The maximum Gasteiger partial charge on any atom is 0.289 e. The molecule has 6 N–H and O–H groups in total. The molecule has 1 aromatic heterocycles. The monoisotopic (exact) mass is 505 g/mol. The highest BCUT2D eigenvalue weighted by Gasteiger charge is 2.26. The van der Waals surface area contributed by atoms with Crippen molar-refractivity contribution >= 4 is 28.6 Å². The van der Waals surface area contributed by atoms with E-state index in [0.29, 0.717) is 24.3 Å². The molecule has 0 bridgehead atoms. The van der Waals surface area contributed by atoms with Crippen molar-refractivity contribution in [3.05, 3.63) is 53.3 Å². The highest BCUT2D eigenvalue weighted by Crippen LogP contribution is 2.28. The van der Waals surface area contributed by atoms with Crippen molar-refractivity contribution in [1.29, 1.82) is 0 Å². The summed E-state index contributed by atoms with van der Waals surface area (Å²) in [7, 11) is 3.23. The molecule has 3 aromatic rings. The lowest BCUT2D eigenvalue weighted by Gasteiger charge is -2.30. The van der Waals surface area contributed by atoms with Crippen molar-refractivity contribution in [1.82, 2.24) is 15.3 Å². The van der Waals surface area contributed by atoms with Gasteiger partial charge in [-0.3, -0.25) is 4.79 Å². The molecule has 4 rings (SSSR count). The molecule has 2 unspecified atom stereocenters. The smallest absolute Gasteiger partial charge is 0.289 e. The van der Waals surface area contributed by atoms with Crippen LogP contribution in [0.5, 0.6) is 11.5 Å². The number of guanidine groups is 1. The van der Waals surface area contributed by atoms with E-state index in [1.807, 2.05) is 43.3 Å². The zero-order chi connectivity index (χ0) is 26.4. The number of amides is 1. The highest BCUT2D eigenvalue weighted by atomic mass is 16.5. The van der Waals surface area contributed by atoms with Gasteiger partial charge in [0.15, 0.2) is 5.96 Å². The van der Waals surface area contributed by atoms with Crippen molar-refractivity contribution in [2.45, 2.75) is 51.1 Å². The van der Waals surface area contributed by atoms with Crippen molar-refractivity contribution in [2.75, 3.05) is 26.1 Å². The minimum absolute atomic E-state index is 0.00546.